The van der Waals surface area contributed by atoms with Gasteiger partial charge in [-0.25, -0.2) is 0 Å². The quantitative estimate of drug-likeness (QED) is 0.775. The molecule has 0 atom stereocenters. The van der Waals surface area contributed by atoms with Gasteiger partial charge in [0, 0.05) is 13.1 Å². The van der Waals surface area contributed by atoms with Crippen molar-refractivity contribution in [3.8, 4) is 5.75 Å². The molecule has 2 rings (SSSR count). The zero-order chi connectivity index (χ0) is 12.4. The van der Waals surface area contributed by atoms with Gasteiger partial charge in [-0.3, -0.25) is 4.79 Å². The van der Waals surface area contributed by atoms with Crippen molar-refractivity contribution in [2.24, 2.45) is 0 Å². The first-order valence-corrected chi connectivity index (χ1v) is 6.26. The van der Waals surface area contributed by atoms with Gasteiger partial charge in [0.15, 0.2) is 0 Å². The fraction of sp³-hybridized carbons (Fsp3) is 0.417. The summed E-state index contributed by atoms with van der Waals surface area (Å²) >= 11 is 11.6. The van der Waals surface area contributed by atoms with Crippen LogP contribution >= 0.6 is 23.2 Å². The van der Waals surface area contributed by atoms with Crippen LogP contribution in [0.2, 0.25) is 5.02 Å². The van der Waals surface area contributed by atoms with Crippen molar-refractivity contribution < 1.29 is 9.53 Å². The highest BCUT2D eigenvalue weighted by Gasteiger charge is 2.21. The summed E-state index contributed by atoms with van der Waals surface area (Å²) in [5.74, 6) is 0.672. The number of hydrogen-bond acceptors (Lipinski definition) is 2. The number of hydrogen-bond donors (Lipinski definition) is 0. The minimum Gasteiger partial charge on any atom is -0.495 e. The molecule has 1 amide bonds. The molecule has 0 aliphatic carbocycles. The minimum absolute atomic E-state index is 0.0270. The van der Waals surface area contributed by atoms with E-state index in [0.29, 0.717) is 23.9 Å². The normalized spacial score (nSPS) is 14.4. The summed E-state index contributed by atoms with van der Waals surface area (Å²) < 4.78 is 5.17. The molecule has 1 aliphatic heterocycles. The standard InChI is InChI=1S/C12H13Cl2NO2/c1-17-11-5-8-2-3-15(12(16)6-13)7-9(8)4-10(11)14/h4-5H,2-3,6-7H2,1H3. The van der Waals surface area contributed by atoms with Crippen LogP contribution in [0, 0.1) is 0 Å². The lowest BCUT2D eigenvalue weighted by Gasteiger charge is -2.28. The fourth-order valence-corrected chi connectivity index (χ4v) is 2.44. The first kappa shape index (κ1) is 12.5. The van der Waals surface area contributed by atoms with Crippen LogP contribution < -0.4 is 4.74 Å². The Balaban J connectivity index is 2.27. The highest BCUT2D eigenvalue weighted by atomic mass is 35.5. The second-order valence-electron chi connectivity index (χ2n) is 3.95. The van der Waals surface area contributed by atoms with Gasteiger partial charge >= 0.3 is 0 Å². The van der Waals surface area contributed by atoms with E-state index < -0.39 is 0 Å². The summed E-state index contributed by atoms with van der Waals surface area (Å²) in [6.45, 7) is 1.27. The van der Waals surface area contributed by atoms with E-state index in [4.69, 9.17) is 27.9 Å². The fourth-order valence-electron chi connectivity index (χ4n) is 2.01. The van der Waals surface area contributed by atoms with Crippen molar-refractivity contribution >= 4 is 29.1 Å². The summed E-state index contributed by atoms with van der Waals surface area (Å²) in [5.41, 5.74) is 2.25. The zero-order valence-corrected chi connectivity index (χ0v) is 11.0. The van der Waals surface area contributed by atoms with E-state index in [0.717, 1.165) is 12.0 Å². The van der Waals surface area contributed by atoms with E-state index >= 15 is 0 Å². The third-order valence-electron chi connectivity index (χ3n) is 2.95. The van der Waals surface area contributed by atoms with E-state index in [-0.39, 0.29) is 11.8 Å². The van der Waals surface area contributed by atoms with Crippen molar-refractivity contribution in [3.63, 3.8) is 0 Å². The Morgan fingerprint density at radius 3 is 2.88 bits per heavy atom. The Bertz CT molecular complexity index is 448. The number of carbonyl (C=O) groups is 1. The molecule has 5 heteroatoms. The molecule has 0 aromatic heterocycles. The second-order valence-corrected chi connectivity index (χ2v) is 4.63. The molecule has 0 bridgehead atoms. The van der Waals surface area contributed by atoms with E-state index in [2.05, 4.69) is 0 Å². The monoisotopic (exact) mass is 273 g/mol. The van der Waals surface area contributed by atoms with Crippen molar-refractivity contribution in [1.29, 1.82) is 0 Å². The highest BCUT2D eigenvalue weighted by Crippen LogP contribution is 2.31. The number of methoxy groups -OCH3 is 1. The Morgan fingerprint density at radius 1 is 1.47 bits per heavy atom. The molecular formula is C12H13Cl2NO2. The maximum Gasteiger partial charge on any atom is 0.237 e. The van der Waals surface area contributed by atoms with Crippen molar-refractivity contribution in [2.75, 3.05) is 19.5 Å². The Labute approximate surface area is 110 Å². The number of alkyl halides is 1. The Morgan fingerprint density at radius 2 is 2.24 bits per heavy atom. The molecule has 1 aromatic rings. The predicted molar refractivity (Wildman–Crippen MR) is 67.8 cm³/mol. The lowest BCUT2D eigenvalue weighted by atomic mass is 9.99. The molecule has 0 spiro atoms. The van der Waals surface area contributed by atoms with Crippen LogP contribution in [-0.2, 0) is 17.8 Å². The molecule has 0 radical (unpaired) electrons. The van der Waals surface area contributed by atoms with E-state index in [1.807, 2.05) is 12.1 Å². The van der Waals surface area contributed by atoms with Gasteiger partial charge in [-0.2, -0.15) is 0 Å². The van der Waals surface area contributed by atoms with Crippen LogP contribution in [0.4, 0.5) is 0 Å². The molecule has 0 fully saturated rings. The molecule has 0 unspecified atom stereocenters. The third kappa shape index (κ3) is 2.50. The predicted octanol–water partition coefficient (Wildman–Crippen LogP) is 2.47. The third-order valence-corrected chi connectivity index (χ3v) is 3.48. The van der Waals surface area contributed by atoms with Gasteiger partial charge in [0.2, 0.25) is 5.91 Å². The minimum atomic E-state index is -0.0377. The van der Waals surface area contributed by atoms with E-state index in [1.54, 1.807) is 12.0 Å². The number of ether oxygens (including phenoxy) is 1. The topological polar surface area (TPSA) is 29.5 Å². The maximum atomic E-state index is 11.5. The molecule has 3 nitrogen and oxygen atoms in total. The molecule has 92 valence electrons. The summed E-state index contributed by atoms with van der Waals surface area (Å²) in [5, 5.41) is 0.575. The number of benzene rings is 1. The smallest absolute Gasteiger partial charge is 0.237 e. The van der Waals surface area contributed by atoms with Gasteiger partial charge in [-0.05, 0) is 29.7 Å². The van der Waals surface area contributed by atoms with Crippen LogP contribution in [0.15, 0.2) is 12.1 Å². The Hall–Kier alpha value is -0.930. The van der Waals surface area contributed by atoms with Crippen molar-refractivity contribution in [3.05, 3.63) is 28.3 Å². The van der Waals surface area contributed by atoms with Gasteiger partial charge in [-0.1, -0.05) is 11.6 Å². The summed E-state index contributed by atoms with van der Waals surface area (Å²) in [6.07, 6.45) is 0.811. The lowest BCUT2D eigenvalue weighted by molar-refractivity contribution is -0.129. The average Bonchev–Trinajstić information content (AvgIpc) is 2.36. The average molecular weight is 274 g/mol. The number of amides is 1. The van der Waals surface area contributed by atoms with E-state index in [1.165, 1.54) is 5.56 Å². The van der Waals surface area contributed by atoms with Crippen molar-refractivity contribution in [1.82, 2.24) is 4.90 Å². The molecule has 1 aliphatic rings. The summed E-state index contributed by atoms with van der Waals surface area (Å²) in [4.78, 5) is 13.3. The second kappa shape index (κ2) is 5.15. The highest BCUT2D eigenvalue weighted by molar-refractivity contribution is 6.32. The van der Waals surface area contributed by atoms with Gasteiger partial charge in [-0.15, -0.1) is 11.6 Å². The Kier molecular flexibility index (Phi) is 3.79. The van der Waals surface area contributed by atoms with Gasteiger partial charge in [0.05, 0.1) is 12.1 Å². The SMILES string of the molecule is COc1cc2c(cc1Cl)CN(C(=O)CCl)CC2. The number of rotatable bonds is 2. The first-order valence-electron chi connectivity index (χ1n) is 5.34. The number of nitrogens with zero attached hydrogens (tertiary/aromatic N) is 1. The molecule has 1 aromatic carbocycles. The van der Waals surface area contributed by atoms with E-state index in [9.17, 15) is 4.79 Å². The summed E-state index contributed by atoms with van der Waals surface area (Å²) in [6, 6.07) is 3.81. The van der Waals surface area contributed by atoms with Crippen LogP contribution in [-0.4, -0.2) is 30.3 Å². The molecule has 17 heavy (non-hydrogen) atoms. The zero-order valence-electron chi connectivity index (χ0n) is 9.50. The van der Waals surface area contributed by atoms with Gasteiger partial charge in [0.25, 0.3) is 0 Å². The molecule has 0 N–H and O–H groups in total. The molecule has 0 saturated heterocycles. The molecule has 1 heterocycles. The van der Waals surface area contributed by atoms with Crippen LogP contribution in [0.5, 0.6) is 5.75 Å². The summed E-state index contributed by atoms with van der Waals surface area (Å²) in [7, 11) is 1.60. The van der Waals surface area contributed by atoms with Gasteiger partial charge < -0.3 is 9.64 Å². The van der Waals surface area contributed by atoms with Crippen LogP contribution in [0.25, 0.3) is 0 Å². The van der Waals surface area contributed by atoms with Crippen molar-refractivity contribution in [2.45, 2.75) is 13.0 Å². The van der Waals surface area contributed by atoms with Crippen LogP contribution in [0.3, 0.4) is 0 Å². The number of carbonyl (C=O) groups excluding carboxylic acids is 1. The molecule has 0 saturated carbocycles. The lowest BCUT2D eigenvalue weighted by Crippen LogP contribution is -2.36. The molecular weight excluding hydrogens is 261 g/mol. The van der Waals surface area contributed by atoms with Crippen LogP contribution in [0.1, 0.15) is 11.1 Å². The number of fused-ring (bicyclic) bond motifs is 1. The first-order chi connectivity index (χ1) is 8.15. The van der Waals surface area contributed by atoms with Gasteiger partial charge in [0.1, 0.15) is 11.6 Å². The number of halogens is 2. The largest absolute Gasteiger partial charge is 0.495 e. The maximum absolute atomic E-state index is 11.5.